The second-order valence-corrected chi connectivity index (χ2v) is 9.38. The summed E-state index contributed by atoms with van der Waals surface area (Å²) in [5.74, 6) is -0.250. The van der Waals surface area contributed by atoms with Crippen molar-refractivity contribution in [3.8, 4) is 6.07 Å². The molecule has 2 aromatic rings. The van der Waals surface area contributed by atoms with Crippen molar-refractivity contribution in [3.05, 3.63) is 59.1 Å². The minimum absolute atomic E-state index is 0.0434. The third kappa shape index (κ3) is 3.51. The molecule has 9 heteroatoms. The summed E-state index contributed by atoms with van der Waals surface area (Å²) in [4.78, 5) is 14.9. The summed E-state index contributed by atoms with van der Waals surface area (Å²) in [6.45, 7) is 0.692. The van der Waals surface area contributed by atoms with Gasteiger partial charge in [-0.2, -0.15) is 9.57 Å². The molecule has 1 atom stereocenters. The van der Waals surface area contributed by atoms with E-state index >= 15 is 0 Å². The zero-order valence-corrected chi connectivity index (χ0v) is 17.0. The highest BCUT2D eigenvalue weighted by Gasteiger charge is 2.52. The maximum atomic E-state index is 13.2. The SMILES string of the molecule is N#Cc1ccc(S(=O)(=O)N2CCOC3(CCN(c4ccc(Cl)cc4)C3=O)C2)cc1. The van der Waals surface area contributed by atoms with Crippen LogP contribution in [0.15, 0.2) is 53.4 Å². The summed E-state index contributed by atoms with van der Waals surface area (Å²) in [7, 11) is -3.81. The maximum Gasteiger partial charge on any atom is 0.260 e. The summed E-state index contributed by atoms with van der Waals surface area (Å²) in [6, 6.07) is 14.6. The van der Waals surface area contributed by atoms with Crippen molar-refractivity contribution in [2.75, 3.05) is 31.1 Å². The van der Waals surface area contributed by atoms with Gasteiger partial charge in [-0.15, -0.1) is 0 Å². The Kier molecular flexibility index (Phi) is 5.09. The van der Waals surface area contributed by atoms with E-state index in [1.807, 2.05) is 6.07 Å². The molecule has 0 saturated carbocycles. The Labute approximate surface area is 174 Å². The van der Waals surface area contributed by atoms with Gasteiger partial charge in [0.05, 0.1) is 29.7 Å². The smallest absolute Gasteiger partial charge is 0.260 e. The number of nitrogens with zero attached hydrogens (tertiary/aromatic N) is 3. The fourth-order valence-electron chi connectivity index (χ4n) is 3.70. The first kappa shape index (κ1) is 19.9. The highest BCUT2D eigenvalue weighted by Crippen LogP contribution is 2.35. The number of halogens is 1. The van der Waals surface area contributed by atoms with Gasteiger partial charge < -0.3 is 9.64 Å². The minimum Gasteiger partial charge on any atom is -0.362 e. The lowest BCUT2D eigenvalue weighted by molar-refractivity contribution is -0.147. The molecule has 0 N–H and O–H groups in total. The number of carbonyl (C=O) groups is 1. The second-order valence-electron chi connectivity index (χ2n) is 7.00. The molecule has 150 valence electrons. The number of hydrogen-bond acceptors (Lipinski definition) is 5. The predicted molar refractivity (Wildman–Crippen MR) is 107 cm³/mol. The van der Waals surface area contributed by atoms with Gasteiger partial charge in [0.15, 0.2) is 5.60 Å². The van der Waals surface area contributed by atoms with E-state index in [-0.39, 0.29) is 30.5 Å². The van der Waals surface area contributed by atoms with Gasteiger partial charge in [0.2, 0.25) is 10.0 Å². The number of sulfonamides is 1. The molecule has 0 aromatic heterocycles. The van der Waals surface area contributed by atoms with E-state index in [0.717, 1.165) is 0 Å². The Balaban J connectivity index is 1.58. The molecule has 2 aromatic carbocycles. The molecule has 1 amide bonds. The van der Waals surface area contributed by atoms with E-state index in [4.69, 9.17) is 21.6 Å². The molecule has 2 aliphatic heterocycles. The molecule has 1 unspecified atom stereocenters. The lowest BCUT2D eigenvalue weighted by Crippen LogP contribution is -2.57. The van der Waals surface area contributed by atoms with E-state index in [1.165, 1.54) is 28.6 Å². The summed E-state index contributed by atoms with van der Waals surface area (Å²) in [5, 5.41) is 9.48. The number of benzene rings is 2. The average molecular weight is 432 g/mol. The van der Waals surface area contributed by atoms with Crippen molar-refractivity contribution in [2.45, 2.75) is 16.9 Å². The molecule has 0 aliphatic carbocycles. The van der Waals surface area contributed by atoms with Gasteiger partial charge in [-0.1, -0.05) is 11.6 Å². The van der Waals surface area contributed by atoms with Gasteiger partial charge in [-0.05, 0) is 48.5 Å². The van der Waals surface area contributed by atoms with E-state index in [0.29, 0.717) is 29.2 Å². The monoisotopic (exact) mass is 431 g/mol. The molecule has 2 saturated heterocycles. The molecule has 0 radical (unpaired) electrons. The zero-order valence-electron chi connectivity index (χ0n) is 15.4. The van der Waals surface area contributed by atoms with Crippen molar-refractivity contribution in [1.29, 1.82) is 5.26 Å². The van der Waals surface area contributed by atoms with Crippen LogP contribution in [0.2, 0.25) is 5.02 Å². The van der Waals surface area contributed by atoms with Crippen LogP contribution in [0.5, 0.6) is 0 Å². The number of rotatable bonds is 3. The van der Waals surface area contributed by atoms with Gasteiger partial charge in [-0.3, -0.25) is 4.79 Å². The van der Waals surface area contributed by atoms with Crippen LogP contribution in [0.4, 0.5) is 5.69 Å². The van der Waals surface area contributed by atoms with E-state index in [9.17, 15) is 13.2 Å². The van der Waals surface area contributed by atoms with Crippen LogP contribution in [0.1, 0.15) is 12.0 Å². The lowest BCUT2D eigenvalue weighted by atomic mass is 10.0. The standard InChI is InChI=1S/C20H18ClN3O4S/c21-16-3-5-17(6-4-16)24-10-9-20(19(24)25)14-23(11-12-28-20)29(26,27)18-7-1-15(13-22)2-8-18/h1-8H,9-12,14H2. The number of anilines is 1. The largest absolute Gasteiger partial charge is 0.362 e. The molecule has 29 heavy (non-hydrogen) atoms. The van der Waals surface area contributed by atoms with E-state index in [2.05, 4.69) is 0 Å². The van der Waals surface area contributed by atoms with Gasteiger partial charge in [0.1, 0.15) is 0 Å². The summed E-state index contributed by atoms with van der Waals surface area (Å²) in [6.07, 6.45) is 0.397. The molecule has 4 rings (SSSR count). The minimum atomic E-state index is -3.81. The summed E-state index contributed by atoms with van der Waals surface area (Å²) >= 11 is 5.92. The van der Waals surface area contributed by atoms with E-state index < -0.39 is 15.6 Å². The summed E-state index contributed by atoms with van der Waals surface area (Å²) in [5.41, 5.74) is -0.115. The fraction of sp³-hybridized carbons (Fsp3) is 0.300. The molecule has 1 spiro atoms. The van der Waals surface area contributed by atoms with E-state index in [1.54, 1.807) is 29.2 Å². The van der Waals surface area contributed by atoms with Gasteiger partial charge in [0, 0.05) is 30.2 Å². The third-order valence-electron chi connectivity index (χ3n) is 5.28. The quantitative estimate of drug-likeness (QED) is 0.744. The Hall–Kier alpha value is -2.44. The number of hydrogen-bond donors (Lipinski definition) is 0. The van der Waals surface area contributed by atoms with Gasteiger partial charge in [0.25, 0.3) is 5.91 Å². The Morgan fingerprint density at radius 3 is 2.41 bits per heavy atom. The first-order chi connectivity index (χ1) is 13.9. The van der Waals surface area contributed by atoms with Crippen LogP contribution in [0, 0.1) is 11.3 Å². The normalized spacial score (nSPS) is 22.8. The Bertz CT molecular complexity index is 1080. The summed E-state index contributed by atoms with van der Waals surface area (Å²) < 4.78 is 33.3. The van der Waals surface area contributed by atoms with Gasteiger partial charge in [-0.25, -0.2) is 8.42 Å². The number of nitriles is 1. The van der Waals surface area contributed by atoms with Crippen LogP contribution in [-0.4, -0.2) is 50.5 Å². The van der Waals surface area contributed by atoms with Crippen LogP contribution in [0.3, 0.4) is 0 Å². The Morgan fingerprint density at radius 2 is 1.76 bits per heavy atom. The van der Waals surface area contributed by atoms with Gasteiger partial charge >= 0.3 is 0 Å². The first-order valence-corrected chi connectivity index (χ1v) is 10.9. The molecule has 0 bridgehead atoms. The number of ether oxygens (including phenoxy) is 1. The fourth-order valence-corrected chi connectivity index (χ4v) is 5.30. The van der Waals surface area contributed by atoms with Crippen LogP contribution < -0.4 is 4.90 Å². The number of morpholine rings is 1. The highest BCUT2D eigenvalue weighted by atomic mass is 35.5. The highest BCUT2D eigenvalue weighted by molar-refractivity contribution is 7.89. The molecule has 2 aliphatic rings. The molecule has 2 heterocycles. The zero-order chi connectivity index (χ0) is 20.6. The molecular formula is C20H18ClN3O4S. The van der Waals surface area contributed by atoms with Crippen molar-refractivity contribution in [2.24, 2.45) is 0 Å². The van der Waals surface area contributed by atoms with Crippen LogP contribution in [-0.2, 0) is 19.6 Å². The van der Waals surface area contributed by atoms with Crippen molar-refractivity contribution in [1.82, 2.24) is 4.31 Å². The van der Waals surface area contributed by atoms with Crippen LogP contribution >= 0.6 is 11.6 Å². The second kappa shape index (κ2) is 7.43. The third-order valence-corrected chi connectivity index (χ3v) is 7.40. The number of carbonyl (C=O) groups excluding carboxylic acids is 1. The molecule has 2 fully saturated rings. The van der Waals surface area contributed by atoms with Crippen LogP contribution in [0.25, 0.3) is 0 Å². The number of amides is 1. The van der Waals surface area contributed by atoms with Crippen molar-refractivity contribution < 1.29 is 17.9 Å². The molecular weight excluding hydrogens is 414 g/mol. The maximum absolute atomic E-state index is 13.2. The van der Waals surface area contributed by atoms with Crippen molar-refractivity contribution >= 4 is 33.2 Å². The molecule has 7 nitrogen and oxygen atoms in total. The van der Waals surface area contributed by atoms with Crippen molar-refractivity contribution in [3.63, 3.8) is 0 Å². The first-order valence-electron chi connectivity index (χ1n) is 9.08. The average Bonchev–Trinajstić information content (AvgIpc) is 3.04. The Morgan fingerprint density at radius 1 is 1.07 bits per heavy atom. The predicted octanol–water partition coefficient (Wildman–Crippen LogP) is 2.41. The lowest BCUT2D eigenvalue weighted by Gasteiger charge is -2.38. The topological polar surface area (TPSA) is 90.7 Å².